The van der Waals surface area contributed by atoms with Crippen molar-refractivity contribution in [2.45, 2.75) is 118 Å². The Labute approximate surface area is 381 Å². The third-order valence-corrected chi connectivity index (χ3v) is 36.3. The standard InChI is InChI=1S/2C26H27O.C3H4Cl2Si.Zr/c2*1-16-13-20-14-21(24-12-7-17(2)27-24)15-23(20)25(18(16)3)19-8-10-22(11-9-19)26(4,5)6;4-3(5)1-6-2-3;/h2*7-15H,1-6H3;1-2H2;. The molecule has 1 saturated heterocycles. The van der Waals surface area contributed by atoms with Crippen LogP contribution in [-0.4, -0.2) is 9.77 Å². The second-order valence-electron chi connectivity index (χ2n) is 20.2. The molecule has 3 aliphatic rings. The zero-order valence-electron chi connectivity index (χ0n) is 37.9. The van der Waals surface area contributed by atoms with Crippen LogP contribution in [0.2, 0.25) is 12.1 Å². The van der Waals surface area contributed by atoms with E-state index in [1.807, 2.05) is 0 Å². The van der Waals surface area contributed by atoms with E-state index >= 15 is 0 Å². The number of aryl methyl sites for hydroxylation is 4. The van der Waals surface area contributed by atoms with E-state index in [0.717, 1.165) is 35.1 Å². The Morgan fingerprint density at radius 3 is 1.25 bits per heavy atom. The molecule has 2 aromatic heterocycles. The maximum absolute atomic E-state index is 7.12. The van der Waals surface area contributed by atoms with E-state index in [-0.39, 0.29) is 18.1 Å². The molecule has 0 amide bonds. The zero-order valence-corrected chi connectivity index (χ0v) is 42.8. The van der Waals surface area contributed by atoms with Gasteiger partial charge in [-0.1, -0.05) is 0 Å². The number of hydrogen-bond acceptors (Lipinski definition) is 2. The summed E-state index contributed by atoms with van der Waals surface area (Å²) in [4.78, 5) is 0. The molecule has 2 atom stereocenters. The summed E-state index contributed by atoms with van der Waals surface area (Å²) in [5, 5.41) is 0. The molecule has 1 aliphatic heterocycles. The minimum atomic E-state index is -2.95. The molecular formula is C55H58Cl2O2SiZr. The van der Waals surface area contributed by atoms with Crippen molar-refractivity contribution < 1.29 is 29.2 Å². The van der Waals surface area contributed by atoms with Crippen LogP contribution in [0.4, 0.5) is 0 Å². The van der Waals surface area contributed by atoms with Crippen LogP contribution in [0.3, 0.4) is 0 Å². The fourth-order valence-corrected chi connectivity index (χ4v) is 41.3. The van der Waals surface area contributed by atoms with Crippen LogP contribution in [-0.2, 0) is 31.2 Å². The summed E-state index contributed by atoms with van der Waals surface area (Å²) in [6, 6.07) is 34.3. The van der Waals surface area contributed by atoms with Gasteiger partial charge in [-0.25, -0.2) is 0 Å². The summed E-state index contributed by atoms with van der Waals surface area (Å²) >= 11 is 11.3. The number of halogens is 2. The molecule has 2 aliphatic carbocycles. The molecule has 61 heavy (non-hydrogen) atoms. The van der Waals surface area contributed by atoms with Crippen LogP contribution in [0.25, 0.3) is 45.6 Å². The summed E-state index contributed by atoms with van der Waals surface area (Å²) < 4.78 is 13.2. The van der Waals surface area contributed by atoms with Gasteiger partial charge in [-0.2, -0.15) is 0 Å². The number of benzene rings is 4. The number of rotatable bonds is 6. The summed E-state index contributed by atoms with van der Waals surface area (Å²) in [7, 11) is 0. The quantitative estimate of drug-likeness (QED) is 0.123. The minimum absolute atomic E-state index is 0.0762. The fraction of sp³-hybridized carbons (Fsp3) is 0.345. The SMILES string of the molecule is Cc1ccc(C2=Cc3c(cc(C)c(C)c3-c3ccc(C(C)(C)C)cc3)[CH]2[Zr]([C@H]2C(c3ccc(C)o3)=Cc3c2cc(C)c(C)c3-c2ccc(C(C)(C)C)cc2)=[Si]2CC(Cl)(Cl)C2)o1. The molecule has 0 radical (unpaired) electrons. The van der Waals surface area contributed by atoms with Gasteiger partial charge in [-0.3, -0.25) is 0 Å². The first-order valence-corrected chi connectivity index (χ1v) is 31.1. The molecular weight excluding hydrogens is 883 g/mol. The first-order chi connectivity index (χ1) is 28.7. The van der Waals surface area contributed by atoms with Crippen LogP contribution in [0.1, 0.15) is 127 Å². The van der Waals surface area contributed by atoms with Crippen molar-refractivity contribution in [3.8, 4) is 22.3 Å². The molecule has 9 rings (SSSR count). The van der Waals surface area contributed by atoms with Gasteiger partial charge in [0.25, 0.3) is 0 Å². The van der Waals surface area contributed by atoms with Gasteiger partial charge in [0.1, 0.15) is 0 Å². The predicted octanol–water partition coefficient (Wildman–Crippen LogP) is 16.3. The average molecular weight is 941 g/mol. The van der Waals surface area contributed by atoms with E-state index in [1.54, 1.807) is 0 Å². The Hall–Kier alpha value is -3.40. The molecule has 3 heterocycles. The summed E-state index contributed by atoms with van der Waals surface area (Å²) in [5.41, 5.74) is 20.7. The van der Waals surface area contributed by atoms with Crippen molar-refractivity contribution in [3.05, 3.63) is 164 Å². The van der Waals surface area contributed by atoms with Crippen LogP contribution < -0.4 is 0 Å². The number of fused-ring (bicyclic) bond motifs is 2. The van der Waals surface area contributed by atoms with Crippen molar-refractivity contribution in [1.29, 1.82) is 0 Å². The van der Waals surface area contributed by atoms with E-state index in [9.17, 15) is 0 Å². The van der Waals surface area contributed by atoms with Crippen LogP contribution in [0.5, 0.6) is 0 Å². The first-order valence-electron chi connectivity index (χ1n) is 21.9. The normalized spacial score (nSPS) is 18.2. The molecule has 0 spiro atoms. The van der Waals surface area contributed by atoms with E-state index in [1.165, 1.54) is 89.0 Å². The Kier molecular flexibility index (Phi) is 10.8. The molecule has 1 unspecified atom stereocenters. The summed E-state index contributed by atoms with van der Waals surface area (Å²) in [6.07, 6.45) is 5.04. The van der Waals surface area contributed by atoms with Crippen molar-refractivity contribution in [1.82, 2.24) is 0 Å². The molecule has 0 bridgehead atoms. The predicted molar refractivity (Wildman–Crippen MR) is 258 cm³/mol. The Morgan fingerprint density at radius 2 is 0.934 bits per heavy atom. The second-order valence-corrected chi connectivity index (χ2v) is 37.5. The molecule has 1 fully saturated rings. The van der Waals surface area contributed by atoms with E-state index in [2.05, 4.69) is 180 Å². The average Bonchev–Trinajstić information content (AvgIpc) is 3.98. The van der Waals surface area contributed by atoms with Gasteiger partial charge >= 0.3 is 385 Å². The van der Waals surface area contributed by atoms with Gasteiger partial charge in [-0.15, -0.1) is 0 Å². The number of allylic oxidation sites excluding steroid dienone is 2. The molecule has 4 aromatic carbocycles. The Bertz CT molecular complexity index is 2660. The molecule has 0 saturated carbocycles. The van der Waals surface area contributed by atoms with Gasteiger partial charge in [0.05, 0.1) is 0 Å². The molecule has 2 nitrogen and oxygen atoms in total. The van der Waals surface area contributed by atoms with Gasteiger partial charge < -0.3 is 0 Å². The van der Waals surface area contributed by atoms with Crippen molar-refractivity contribution in [2.24, 2.45) is 0 Å². The Balaban J connectivity index is 1.33. The van der Waals surface area contributed by atoms with Crippen LogP contribution >= 0.6 is 23.2 Å². The molecule has 312 valence electrons. The van der Waals surface area contributed by atoms with E-state index in [0.29, 0.717) is 0 Å². The molecule has 0 N–H and O–H groups in total. The van der Waals surface area contributed by atoms with Gasteiger partial charge in [-0.05, 0) is 0 Å². The topological polar surface area (TPSA) is 26.3 Å². The zero-order chi connectivity index (χ0) is 43.5. The third-order valence-electron chi connectivity index (χ3n) is 13.8. The van der Waals surface area contributed by atoms with Crippen molar-refractivity contribution in [3.63, 3.8) is 0 Å². The summed E-state index contributed by atoms with van der Waals surface area (Å²) in [5.74, 6) is 3.85. The van der Waals surface area contributed by atoms with Crippen LogP contribution in [0, 0.1) is 41.5 Å². The maximum atomic E-state index is 7.12. The van der Waals surface area contributed by atoms with E-state index in [4.69, 9.17) is 32.0 Å². The van der Waals surface area contributed by atoms with Crippen molar-refractivity contribution in [2.75, 3.05) is 0 Å². The molecule has 6 heteroatoms. The van der Waals surface area contributed by atoms with E-state index < -0.39 is 30.1 Å². The van der Waals surface area contributed by atoms with Gasteiger partial charge in [0.15, 0.2) is 0 Å². The monoisotopic (exact) mass is 938 g/mol. The van der Waals surface area contributed by atoms with Gasteiger partial charge in [0.2, 0.25) is 0 Å². The number of alkyl halides is 2. The van der Waals surface area contributed by atoms with Crippen molar-refractivity contribution >= 4 is 51.9 Å². The fourth-order valence-electron chi connectivity index (χ4n) is 10.2. The van der Waals surface area contributed by atoms with Crippen LogP contribution in [0.15, 0.2) is 93.8 Å². The second kappa shape index (κ2) is 15.4. The summed E-state index contributed by atoms with van der Waals surface area (Å²) in [6.45, 7) is 27.1. The molecule has 6 aromatic rings. The third kappa shape index (κ3) is 7.64. The Morgan fingerprint density at radius 1 is 0.557 bits per heavy atom. The number of furan rings is 2. The first kappa shape index (κ1) is 42.9. The number of hydrogen-bond donors (Lipinski definition) is 0. The van der Waals surface area contributed by atoms with Gasteiger partial charge in [0, 0.05) is 0 Å².